The SMILES string of the molecule is CCCCCCCC1(CCCCCCC)c2cc(C(Cc3ccc4c(c3)C(c3ccccc3)(c3ccccc3)c3cc5c(cc3-4)C(c3ccccc3)(c3ccccc3)c3ccc4oc6ccccc6c4c3-5)c3ccc4c(c3)oc3ccccc34)ccc2-c2c1c1c(c3c2oc2ccccc23)-c2ccccc2C1(CCCCCCC)CCCCCCC. The molecule has 0 saturated carbocycles. The average molecular weight is 1580 g/mol. The van der Waals surface area contributed by atoms with Gasteiger partial charge in [-0.1, -0.05) is 411 Å². The molecule has 3 heterocycles. The maximum atomic E-state index is 7.76. The third kappa shape index (κ3) is 12.3. The molecule has 1 atom stereocenters. The zero-order valence-electron chi connectivity index (χ0n) is 71.3. The molecule has 0 fully saturated rings. The highest BCUT2D eigenvalue weighted by atomic mass is 16.3. The smallest absolute Gasteiger partial charge is 0.144 e. The second kappa shape index (κ2) is 32.1. The number of furan rings is 3. The molecule has 14 aromatic carbocycles. The molecule has 602 valence electrons. The lowest BCUT2D eigenvalue weighted by Gasteiger charge is -2.40. The normalized spacial score (nSPS) is 14.8. The minimum absolute atomic E-state index is 0.0838. The predicted octanol–water partition coefficient (Wildman–Crippen LogP) is 33.5. The minimum Gasteiger partial charge on any atom is -0.456 e. The second-order valence-electron chi connectivity index (χ2n) is 36.3. The molecular weight excluding hydrogens is 1470 g/mol. The Bertz CT molecular complexity index is 6590. The number of rotatable bonds is 32. The molecule has 0 saturated heterocycles. The Kier molecular flexibility index (Phi) is 20.4. The van der Waals surface area contributed by atoms with Crippen molar-refractivity contribution in [2.75, 3.05) is 0 Å². The molecule has 0 bridgehead atoms. The van der Waals surface area contributed by atoms with E-state index in [0.717, 1.165) is 87.1 Å². The molecule has 3 heteroatoms. The van der Waals surface area contributed by atoms with Crippen molar-refractivity contribution in [3.8, 4) is 44.5 Å². The first kappa shape index (κ1) is 76.8. The Balaban J connectivity index is 0.810. The van der Waals surface area contributed by atoms with Crippen LogP contribution in [0.1, 0.15) is 271 Å². The van der Waals surface area contributed by atoms with E-state index in [1.807, 2.05) is 0 Å². The first-order chi connectivity index (χ1) is 59.9. The quantitative estimate of drug-likeness (QED) is 0.0395. The van der Waals surface area contributed by atoms with Gasteiger partial charge in [-0.15, -0.1) is 0 Å². The van der Waals surface area contributed by atoms with Crippen LogP contribution < -0.4 is 0 Å². The molecule has 0 amide bonds. The van der Waals surface area contributed by atoms with Crippen LogP contribution in [-0.4, -0.2) is 0 Å². The van der Waals surface area contributed by atoms with E-state index in [1.54, 1.807) is 16.7 Å². The first-order valence-corrected chi connectivity index (χ1v) is 46.5. The average Bonchev–Trinajstić information content (AvgIpc) is 1.50. The van der Waals surface area contributed by atoms with Crippen molar-refractivity contribution in [1.29, 1.82) is 0 Å². The minimum atomic E-state index is -0.743. The van der Waals surface area contributed by atoms with Crippen LogP contribution in [0.15, 0.2) is 311 Å². The van der Waals surface area contributed by atoms with Gasteiger partial charge in [0.05, 0.1) is 10.8 Å². The third-order valence-corrected chi connectivity index (χ3v) is 29.6. The van der Waals surface area contributed by atoms with Crippen LogP contribution >= 0.6 is 0 Å². The largest absolute Gasteiger partial charge is 0.456 e. The van der Waals surface area contributed by atoms with E-state index < -0.39 is 10.8 Å². The Hall–Kier alpha value is -11.5. The van der Waals surface area contributed by atoms with E-state index in [9.17, 15) is 0 Å². The maximum Gasteiger partial charge on any atom is 0.144 e. The Morgan fingerprint density at radius 1 is 0.248 bits per heavy atom. The lowest BCUT2D eigenvalue weighted by Crippen LogP contribution is -2.33. The summed E-state index contributed by atoms with van der Waals surface area (Å²) < 4.78 is 21.7. The molecule has 121 heavy (non-hydrogen) atoms. The molecule has 1 unspecified atom stereocenters. The van der Waals surface area contributed by atoms with Gasteiger partial charge in [0.25, 0.3) is 0 Å². The first-order valence-electron chi connectivity index (χ1n) is 46.5. The summed E-state index contributed by atoms with van der Waals surface area (Å²) in [4.78, 5) is 0. The standard InChI is InChI=1S/C118H112O3/c1-5-9-13-17-41-69-115(70-42-18-14-10-6-2)96-57-37-33-54-89(96)109-110-92-56-36-40-60-104(92)121-114(110)111-90-66-63-80(75-98(90)116(113(111)112(109)115,71-43-19-15-11-7-3)72-44-20-16-12-8-4)93(81-62-65-88-87-53-34-38-58-102(87)120-106(88)76-81)73-79-61-64-86-94-77-101-95(78-100(94)118(99(86)74-79,84-49-29-23-30-50-84)85-51-31-24-32-52-85)107-97(67-68-105-108(107)91-55-35-39-59-103(91)119-105)117(101,82-45-25-21-26-46-82)83-47-27-22-28-48-83/h21-40,45-68,74-78,93H,5-20,41-44,69-73H2,1-4H3. The van der Waals surface area contributed by atoms with E-state index in [1.165, 1.54) is 250 Å². The van der Waals surface area contributed by atoms with Crippen LogP contribution in [-0.2, 0) is 28.1 Å². The van der Waals surface area contributed by atoms with Gasteiger partial charge < -0.3 is 13.3 Å². The fraction of sp³-hybridized carbons (Fsp3) is 0.288. The molecule has 0 N–H and O–H groups in total. The van der Waals surface area contributed by atoms with Crippen LogP contribution in [0.4, 0.5) is 0 Å². The molecule has 21 rings (SSSR count). The van der Waals surface area contributed by atoms with Crippen LogP contribution in [0.3, 0.4) is 0 Å². The number of fused-ring (bicyclic) bond motifs is 25. The predicted molar refractivity (Wildman–Crippen MR) is 507 cm³/mol. The van der Waals surface area contributed by atoms with Gasteiger partial charge in [0.2, 0.25) is 0 Å². The highest BCUT2D eigenvalue weighted by molar-refractivity contribution is 6.21. The summed E-state index contributed by atoms with van der Waals surface area (Å²) in [6.07, 6.45) is 30.2. The summed E-state index contributed by atoms with van der Waals surface area (Å²) in [5.74, 6) is -0.0838. The van der Waals surface area contributed by atoms with Gasteiger partial charge >= 0.3 is 0 Å². The van der Waals surface area contributed by atoms with Crippen molar-refractivity contribution in [2.24, 2.45) is 0 Å². The highest BCUT2D eigenvalue weighted by Gasteiger charge is 2.56. The molecule has 0 spiro atoms. The molecule has 17 aromatic rings. The van der Waals surface area contributed by atoms with Crippen LogP contribution in [0, 0.1) is 0 Å². The van der Waals surface area contributed by atoms with Crippen molar-refractivity contribution >= 4 is 65.8 Å². The van der Waals surface area contributed by atoms with E-state index in [2.05, 4.69) is 325 Å². The molecule has 3 aromatic heterocycles. The van der Waals surface area contributed by atoms with Crippen LogP contribution in [0.25, 0.3) is 110 Å². The highest BCUT2D eigenvalue weighted by Crippen LogP contribution is 2.69. The molecule has 0 radical (unpaired) electrons. The van der Waals surface area contributed by atoms with Gasteiger partial charge in [-0.05, 0) is 197 Å². The van der Waals surface area contributed by atoms with Crippen molar-refractivity contribution < 1.29 is 13.3 Å². The second-order valence-corrected chi connectivity index (χ2v) is 36.3. The van der Waals surface area contributed by atoms with Gasteiger partial charge in [0.15, 0.2) is 0 Å². The van der Waals surface area contributed by atoms with Gasteiger partial charge in [-0.2, -0.15) is 0 Å². The van der Waals surface area contributed by atoms with Crippen molar-refractivity contribution in [3.05, 3.63) is 381 Å². The van der Waals surface area contributed by atoms with E-state index >= 15 is 0 Å². The summed E-state index contributed by atoms with van der Waals surface area (Å²) in [6.45, 7) is 9.51. The summed E-state index contributed by atoms with van der Waals surface area (Å²) in [5.41, 5.74) is 35.0. The molecular formula is C118H112O3. The molecule has 4 aliphatic carbocycles. The third-order valence-electron chi connectivity index (χ3n) is 29.6. The molecule has 0 aliphatic heterocycles. The fourth-order valence-corrected chi connectivity index (χ4v) is 24.2. The number of hydrogen-bond acceptors (Lipinski definition) is 3. The zero-order valence-corrected chi connectivity index (χ0v) is 71.3. The number of para-hydroxylation sites is 3. The van der Waals surface area contributed by atoms with Gasteiger partial charge in [0, 0.05) is 54.6 Å². The van der Waals surface area contributed by atoms with Crippen LogP contribution in [0.2, 0.25) is 0 Å². The van der Waals surface area contributed by atoms with Crippen molar-refractivity contribution in [1.82, 2.24) is 0 Å². The van der Waals surface area contributed by atoms with E-state index in [4.69, 9.17) is 13.3 Å². The topological polar surface area (TPSA) is 39.4 Å². The summed E-state index contributed by atoms with van der Waals surface area (Å²) in [7, 11) is 0. The fourth-order valence-electron chi connectivity index (χ4n) is 24.2. The van der Waals surface area contributed by atoms with Crippen molar-refractivity contribution in [2.45, 2.75) is 216 Å². The van der Waals surface area contributed by atoms with Gasteiger partial charge in [0.1, 0.15) is 33.5 Å². The summed E-state index contributed by atoms with van der Waals surface area (Å²) in [6, 6.07) is 115. The number of benzene rings is 14. The maximum absolute atomic E-state index is 7.76. The monoisotopic (exact) mass is 1580 g/mol. The summed E-state index contributed by atoms with van der Waals surface area (Å²) in [5, 5.41) is 7.18. The number of hydrogen-bond donors (Lipinski definition) is 0. The Morgan fingerprint density at radius 3 is 1.26 bits per heavy atom. The van der Waals surface area contributed by atoms with Gasteiger partial charge in [-0.25, -0.2) is 0 Å². The molecule has 3 nitrogen and oxygen atoms in total. The lowest BCUT2D eigenvalue weighted by molar-refractivity contribution is 0.368. The Labute approximate surface area is 715 Å². The summed E-state index contributed by atoms with van der Waals surface area (Å²) >= 11 is 0. The van der Waals surface area contributed by atoms with E-state index in [-0.39, 0.29) is 16.7 Å². The van der Waals surface area contributed by atoms with Crippen LogP contribution in [0.5, 0.6) is 0 Å². The zero-order chi connectivity index (χ0) is 81.2. The Morgan fingerprint density at radius 2 is 0.669 bits per heavy atom. The molecule has 4 aliphatic rings. The van der Waals surface area contributed by atoms with E-state index in [0.29, 0.717) is 0 Å². The number of unbranched alkanes of at least 4 members (excludes halogenated alkanes) is 16. The van der Waals surface area contributed by atoms with Gasteiger partial charge in [-0.3, -0.25) is 0 Å². The lowest BCUT2D eigenvalue weighted by atomic mass is 9.62. The van der Waals surface area contributed by atoms with Crippen molar-refractivity contribution in [3.63, 3.8) is 0 Å².